The van der Waals surface area contributed by atoms with Gasteiger partial charge in [-0.2, -0.15) is 0 Å². The molecule has 88 valence electrons. The predicted octanol–water partition coefficient (Wildman–Crippen LogP) is 2.61. The number of nitrogens with two attached hydrogens (primary N) is 1. The maximum Gasteiger partial charge on any atom is 0.0294 e. The summed E-state index contributed by atoms with van der Waals surface area (Å²) in [7, 11) is 0. The standard InChI is InChI=1S/C14H22N2/c1-11(12-7-3-2-4-8-12)16-14-10-6-5-9-13(14)15/h2-4,7-8,11,13-14,16H,5-6,9-10,15H2,1H3/t11?,13-,14-/m0/s1. The van der Waals surface area contributed by atoms with E-state index in [0.29, 0.717) is 18.1 Å². The van der Waals surface area contributed by atoms with Crippen LogP contribution in [0.25, 0.3) is 0 Å². The Morgan fingerprint density at radius 1 is 1.19 bits per heavy atom. The summed E-state index contributed by atoms with van der Waals surface area (Å²) in [6.45, 7) is 2.22. The monoisotopic (exact) mass is 218 g/mol. The molecule has 1 aromatic carbocycles. The van der Waals surface area contributed by atoms with Crippen LogP contribution in [0.2, 0.25) is 0 Å². The fourth-order valence-corrected chi connectivity index (χ4v) is 2.53. The first-order valence-corrected chi connectivity index (χ1v) is 6.34. The zero-order chi connectivity index (χ0) is 11.4. The minimum atomic E-state index is 0.333. The maximum atomic E-state index is 6.14. The second-order valence-corrected chi connectivity index (χ2v) is 4.85. The first kappa shape index (κ1) is 11.6. The van der Waals surface area contributed by atoms with Gasteiger partial charge in [-0.3, -0.25) is 0 Å². The Morgan fingerprint density at radius 3 is 2.56 bits per heavy atom. The van der Waals surface area contributed by atoms with Gasteiger partial charge >= 0.3 is 0 Å². The Balaban J connectivity index is 1.94. The van der Waals surface area contributed by atoms with Crippen LogP contribution in [0.4, 0.5) is 0 Å². The Morgan fingerprint density at radius 2 is 1.88 bits per heavy atom. The van der Waals surface area contributed by atoms with Crippen LogP contribution in [0.15, 0.2) is 30.3 Å². The normalized spacial score (nSPS) is 27.6. The molecule has 2 heteroatoms. The number of hydrogen-bond donors (Lipinski definition) is 2. The molecule has 16 heavy (non-hydrogen) atoms. The fourth-order valence-electron chi connectivity index (χ4n) is 2.53. The van der Waals surface area contributed by atoms with Crippen molar-refractivity contribution in [1.29, 1.82) is 0 Å². The highest BCUT2D eigenvalue weighted by Gasteiger charge is 2.22. The van der Waals surface area contributed by atoms with E-state index < -0.39 is 0 Å². The van der Waals surface area contributed by atoms with Gasteiger partial charge in [-0.25, -0.2) is 0 Å². The van der Waals surface area contributed by atoms with Crippen molar-refractivity contribution in [2.24, 2.45) is 5.73 Å². The molecule has 0 spiro atoms. The molecule has 3 atom stereocenters. The van der Waals surface area contributed by atoms with Gasteiger partial charge < -0.3 is 11.1 Å². The lowest BCUT2D eigenvalue weighted by molar-refractivity contribution is 0.307. The summed E-state index contributed by atoms with van der Waals surface area (Å²) in [4.78, 5) is 0. The van der Waals surface area contributed by atoms with Crippen LogP contribution >= 0.6 is 0 Å². The minimum absolute atomic E-state index is 0.333. The molecular weight excluding hydrogens is 196 g/mol. The smallest absolute Gasteiger partial charge is 0.0294 e. The largest absolute Gasteiger partial charge is 0.326 e. The minimum Gasteiger partial charge on any atom is -0.326 e. The molecule has 2 rings (SSSR count). The van der Waals surface area contributed by atoms with Crippen molar-refractivity contribution < 1.29 is 0 Å². The molecule has 1 aliphatic rings. The van der Waals surface area contributed by atoms with Crippen LogP contribution in [0.1, 0.15) is 44.2 Å². The molecule has 0 radical (unpaired) electrons. The van der Waals surface area contributed by atoms with Gasteiger partial charge in [-0.05, 0) is 25.3 Å². The molecular formula is C14H22N2. The van der Waals surface area contributed by atoms with Gasteiger partial charge in [0, 0.05) is 18.1 Å². The van der Waals surface area contributed by atoms with Crippen LogP contribution in [-0.2, 0) is 0 Å². The van der Waals surface area contributed by atoms with Crippen molar-refractivity contribution in [1.82, 2.24) is 5.32 Å². The second-order valence-electron chi connectivity index (χ2n) is 4.85. The third kappa shape index (κ3) is 2.83. The summed E-state index contributed by atoms with van der Waals surface area (Å²) in [6.07, 6.45) is 4.99. The second kappa shape index (κ2) is 5.46. The van der Waals surface area contributed by atoms with Gasteiger partial charge in [0.05, 0.1) is 0 Å². The number of rotatable bonds is 3. The Labute approximate surface area is 98.2 Å². The molecule has 0 bridgehead atoms. The van der Waals surface area contributed by atoms with E-state index in [-0.39, 0.29) is 0 Å². The van der Waals surface area contributed by atoms with Crippen molar-refractivity contribution in [2.75, 3.05) is 0 Å². The lowest BCUT2D eigenvalue weighted by Crippen LogP contribution is -2.47. The van der Waals surface area contributed by atoms with Gasteiger partial charge in [0.25, 0.3) is 0 Å². The highest BCUT2D eigenvalue weighted by molar-refractivity contribution is 5.18. The zero-order valence-corrected chi connectivity index (χ0v) is 10.0. The fraction of sp³-hybridized carbons (Fsp3) is 0.571. The summed E-state index contributed by atoms with van der Waals surface area (Å²) in [6, 6.07) is 11.8. The van der Waals surface area contributed by atoms with Gasteiger partial charge in [-0.1, -0.05) is 43.2 Å². The van der Waals surface area contributed by atoms with Crippen molar-refractivity contribution in [3.05, 3.63) is 35.9 Å². The van der Waals surface area contributed by atoms with E-state index in [2.05, 4.69) is 42.6 Å². The van der Waals surface area contributed by atoms with Crippen molar-refractivity contribution in [3.8, 4) is 0 Å². The van der Waals surface area contributed by atoms with Crippen molar-refractivity contribution in [2.45, 2.75) is 50.7 Å². The molecule has 1 fully saturated rings. The van der Waals surface area contributed by atoms with Crippen LogP contribution in [0.5, 0.6) is 0 Å². The molecule has 1 saturated carbocycles. The van der Waals surface area contributed by atoms with Crippen LogP contribution in [-0.4, -0.2) is 12.1 Å². The molecule has 2 nitrogen and oxygen atoms in total. The number of hydrogen-bond acceptors (Lipinski definition) is 2. The molecule has 3 N–H and O–H groups in total. The molecule has 1 aliphatic carbocycles. The number of benzene rings is 1. The van der Waals surface area contributed by atoms with Gasteiger partial charge in [0.1, 0.15) is 0 Å². The molecule has 0 aliphatic heterocycles. The van der Waals surface area contributed by atoms with Crippen molar-refractivity contribution >= 4 is 0 Å². The Hall–Kier alpha value is -0.860. The topological polar surface area (TPSA) is 38.0 Å². The van der Waals surface area contributed by atoms with Gasteiger partial charge in [-0.15, -0.1) is 0 Å². The maximum absolute atomic E-state index is 6.14. The molecule has 0 aromatic heterocycles. The van der Waals surface area contributed by atoms with E-state index in [1.165, 1.54) is 31.2 Å². The van der Waals surface area contributed by atoms with Crippen molar-refractivity contribution in [3.63, 3.8) is 0 Å². The summed E-state index contributed by atoms with van der Waals surface area (Å²) in [5, 5.41) is 3.66. The van der Waals surface area contributed by atoms with Crippen LogP contribution in [0, 0.1) is 0 Å². The van der Waals surface area contributed by atoms with Gasteiger partial charge in [0.2, 0.25) is 0 Å². The lowest BCUT2D eigenvalue weighted by atomic mass is 9.90. The average molecular weight is 218 g/mol. The first-order valence-electron chi connectivity index (χ1n) is 6.34. The molecule has 0 saturated heterocycles. The van der Waals surface area contributed by atoms with Crippen LogP contribution in [0.3, 0.4) is 0 Å². The molecule has 0 heterocycles. The third-order valence-corrected chi connectivity index (χ3v) is 3.58. The third-order valence-electron chi connectivity index (χ3n) is 3.58. The SMILES string of the molecule is CC(N[C@H]1CCCC[C@@H]1N)c1ccccc1. The van der Waals surface area contributed by atoms with E-state index in [4.69, 9.17) is 5.73 Å². The Bertz CT molecular complexity index is 310. The summed E-state index contributed by atoms with van der Waals surface area (Å²) in [5.74, 6) is 0. The summed E-state index contributed by atoms with van der Waals surface area (Å²) in [5.41, 5.74) is 7.49. The van der Waals surface area contributed by atoms with E-state index in [1.807, 2.05) is 0 Å². The molecule has 0 amide bonds. The summed E-state index contributed by atoms with van der Waals surface area (Å²) >= 11 is 0. The lowest BCUT2D eigenvalue weighted by Gasteiger charge is -2.32. The van der Waals surface area contributed by atoms with E-state index >= 15 is 0 Å². The predicted molar refractivity (Wildman–Crippen MR) is 68.2 cm³/mol. The first-order chi connectivity index (χ1) is 7.77. The number of nitrogens with one attached hydrogen (secondary N) is 1. The van der Waals surface area contributed by atoms with Crippen LogP contribution < -0.4 is 11.1 Å². The van der Waals surface area contributed by atoms with E-state index in [1.54, 1.807) is 0 Å². The summed E-state index contributed by atoms with van der Waals surface area (Å²) < 4.78 is 0. The Kier molecular flexibility index (Phi) is 3.97. The van der Waals surface area contributed by atoms with E-state index in [0.717, 1.165) is 0 Å². The molecule has 1 unspecified atom stereocenters. The quantitative estimate of drug-likeness (QED) is 0.818. The highest BCUT2D eigenvalue weighted by atomic mass is 15.0. The average Bonchev–Trinajstić information content (AvgIpc) is 2.33. The zero-order valence-electron chi connectivity index (χ0n) is 10.0. The van der Waals surface area contributed by atoms with E-state index in [9.17, 15) is 0 Å². The highest BCUT2D eigenvalue weighted by Crippen LogP contribution is 2.20. The molecule has 1 aromatic rings. The van der Waals surface area contributed by atoms with Gasteiger partial charge in [0.15, 0.2) is 0 Å².